The first-order valence-electron chi connectivity index (χ1n) is 6.21. The van der Waals surface area contributed by atoms with Gasteiger partial charge in [-0.1, -0.05) is 0 Å². The molecule has 1 fully saturated rings. The fourth-order valence-corrected chi connectivity index (χ4v) is 2.98. The Labute approximate surface area is 123 Å². The molecule has 0 spiro atoms. The molecular weight excluding hydrogens is 295 g/mol. The van der Waals surface area contributed by atoms with Crippen LogP contribution in [-0.4, -0.2) is 17.7 Å². The zero-order chi connectivity index (χ0) is 15.2. The van der Waals surface area contributed by atoms with E-state index in [0.29, 0.717) is 10.9 Å². The van der Waals surface area contributed by atoms with Gasteiger partial charge in [-0.2, -0.15) is 0 Å². The molecule has 0 N–H and O–H groups in total. The molecule has 1 saturated heterocycles. The summed E-state index contributed by atoms with van der Waals surface area (Å²) in [4.78, 5) is 23.8. The molecule has 0 atom stereocenters. The lowest BCUT2D eigenvalue weighted by Crippen LogP contribution is -2.41. The molecule has 0 amide bonds. The second-order valence-corrected chi connectivity index (χ2v) is 5.99. The predicted octanol–water partition coefficient (Wildman–Crippen LogP) is 3.26. The summed E-state index contributed by atoms with van der Waals surface area (Å²) in [5, 5.41) is 2.52. The van der Waals surface area contributed by atoms with E-state index in [4.69, 9.17) is 9.47 Å². The lowest BCUT2D eigenvalue weighted by molar-refractivity contribution is -0.222. The van der Waals surface area contributed by atoms with Crippen LogP contribution in [0.3, 0.4) is 0 Å². The topological polar surface area (TPSA) is 52.6 Å². The van der Waals surface area contributed by atoms with Crippen molar-refractivity contribution in [1.29, 1.82) is 0 Å². The van der Waals surface area contributed by atoms with Crippen LogP contribution in [0.5, 0.6) is 0 Å². The monoisotopic (exact) mass is 306 g/mol. The largest absolute Gasteiger partial charge is 0.419 e. The first kappa shape index (κ1) is 13.8. The van der Waals surface area contributed by atoms with Gasteiger partial charge in [0.25, 0.3) is 5.79 Å². The molecule has 0 unspecified atom stereocenters. The highest BCUT2D eigenvalue weighted by molar-refractivity contribution is 7.17. The summed E-state index contributed by atoms with van der Waals surface area (Å²) in [5.74, 6) is -3.27. The van der Waals surface area contributed by atoms with Gasteiger partial charge in [-0.05, 0) is 40.6 Å². The quantitative estimate of drug-likeness (QED) is 0.461. The molecule has 108 valence electrons. The molecule has 21 heavy (non-hydrogen) atoms. The number of cyclic esters (lactones) is 2. The third-order valence-electron chi connectivity index (χ3n) is 2.96. The number of hydrogen-bond donors (Lipinski definition) is 0. The van der Waals surface area contributed by atoms with E-state index >= 15 is 0 Å². The first-order valence-corrected chi connectivity index (χ1v) is 7.09. The Bertz CT molecular complexity index is 766. The van der Waals surface area contributed by atoms with Crippen LogP contribution < -0.4 is 0 Å². The molecule has 2 heterocycles. The van der Waals surface area contributed by atoms with Crippen LogP contribution >= 0.6 is 11.3 Å². The van der Waals surface area contributed by atoms with Crippen molar-refractivity contribution in [2.45, 2.75) is 19.6 Å². The fourth-order valence-electron chi connectivity index (χ4n) is 2.11. The Balaban J connectivity index is 2.10. The SMILES string of the molecule is CC1(C)OC(=O)C(=Cc2cc(F)cc3ccsc23)C(=O)O1. The van der Waals surface area contributed by atoms with Crippen LogP contribution in [0.15, 0.2) is 29.2 Å². The lowest BCUT2D eigenvalue weighted by Gasteiger charge is -2.29. The summed E-state index contributed by atoms with van der Waals surface area (Å²) in [5.41, 5.74) is 0.207. The lowest BCUT2D eigenvalue weighted by atomic mass is 10.1. The number of thiophene rings is 1. The van der Waals surface area contributed by atoms with Crippen molar-refractivity contribution in [3.05, 3.63) is 40.5 Å². The number of halogens is 1. The summed E-state index contributed by atoms with van der Waals surface area (Å²) in [6, 6.07) is 4.44. The van der Waals surface area contributed by atoms with Crippen molar-refractivity contribution in [1.82, 2.24) is 0 Å². The molecule has 0 saturated carbocycles. The highest BCUT2D eigenvalue weighted by atomic mass is 32.1. The summed E-state index contributed by atoms with van der Waals surface area (Å²) in [6.07, 6.45) is 1.31. The Morgan fingerprint density at radius 2 is 1.86 bits per heavy atom. The van der Waals surface area contributed by atoms with Crippen LogP contribution in [0, 0.1) is 5.82 Å². The van der Waals surface area contributed by atoms with Gasteiger partial charge < -0.3 is 9.47 Å². The smallest absolute Gasteiger partial charge is 0.348 e. The molecule has 6 heteroatoms. The average molecular weight is 306 g/mol. The molecule has 4 nitrogen and oxygen atoms in total. The van der Waals surface area contributed by atoms with E-state index in [1.54, 1.807) is 6.07 Å². The van der Waals surface area contributed by atoms with Gasteiger partial charge in [0.05, 0.1) is 0 Å². The van der Waals surface area contributed by atoms with Crippen molar-refractivity contribution < 1.29 is 23.5 Å². The van der Waals surface area contributed by atoms with Crippen molar-refractivity contribution in [2.24, 2.45) is 0 Å². The normalized spacial score (nSPS) is 17.6. The molecule has 0 aliphatic carbocycles. The van der Waals surface area contributed by atoms with E-state index in [-0.39, 0.29) is 5.57 Å². The maximum Gasteiger partial charge on any atom is 0.348 e. The van der Waals surface area contributed by atoms with Gasteiger partial charge >= 0.3 is 11.9 Å². The van der Waals surface area contributed by atoms with E-state index in [9.17, 15) is 14.0 Å². The number of benzene rings is 1. The number of fused-ring (bicyclic) bond motifs is 1. The molecule has 0 radical (unpaired) electrons. The number of carbonyl (C=O) groups excluding carboxylic acids is 2. The third-order valence-corrected chi connectivity index (χ3v) is 3.94. The maximum absolute atomic E-state index is 13.6. The predicted molar refractivity (Wildman–Crippen MR) is 76.0 cm³/mol. The van der Waals surface area contributed by atoms with Crippen molar-refractivity contribution in [3.63, 3.8) is 0 Å². The highest BCUT2D eigenvalue weighted by Gasteiger charge is 2.38. The average Bonchev–Trinajstić information content (AvgIpc) is 2.80. The number of ether oxygens (including phenoxy) is 2. The molecule has 1 aromatic carbocycles. The maximum atomic E-state index is 13.6. The fraction of sp³-hybridized carbons (Fsp3) is 0.200. The zero-order valence-electron chi connectivity index (χ0n) is 11.3. The van der Waals surface area contributed by atoms with Crippen molar-refractivity contribution >= 4 is 39.4 Å². The summed E-state index contributed by atoms with van der Waals surface area (Å²) in [6.45, 7) is 2.94. The Morgan fingerprint density at radius 1 is 1.19 bits per heavy atom. The molecular formula is C15H11FO4S. The van der Waals surface area contributed by atoms with Crippen LogP contribution in [0.25, 0.3) is 16.2 Å². The molecule has 1 aliphatic rings. The number of rotatable bonds is 1. The van der Waals surface area contributed by atoms with Crippen molar-refractivity contribution in [2.75, 3.05) is 0 Å². The second kappa shape index (κ2) is 4.66. The van der Waals surface area contributed by atoms with Crippen LogP contribution in [0.1, 0.15) is 19.4 Å². The summed E-state index contributed by atoms with van der Waals surface area (Å²) in [7, 11) is 0. The number of carbonyl (C=O) groups is 2. The molecule has 3 rings (SSSR count). The van der Waals surface area contributed by atoms with Gasteiger partial charge in [0.2, 0.25) is 0 Å². The van der Waals surface area contributed by atoms with Crippen LogP contribution in [0.2, 0.25) is 0 Å². The molecule has 1 aromatic heterocycles. The first-order chi connectivity index (χ1) is 9.85. The number of hydrogen-bond acceptors (Lipinski definition) is 5. The number of esters is 2. The minimum absolute atomic E-state index is 0.241. The molecule has 0 bridgehead atoms. The Morgan fingerprint density at radius 3 is 2.52 bits per heavy atom. The van der Waals surface area contributed by atoms with Crippen LogP contribution in [0.4, 0.5) is 4.39 Å². The van der Waals surface area contributed by atoms with E-state index in [1.165, 1.54) is 43.4 Å². The minimum atomic E-state index is -1.29. The Kier molecular flexibility index (Phi) is 3.06. The van der Waals surface area contributed by atoms with E-state index in [1.807, 2.05) is 5.38 Å². The summed E-state index contributed by atoms with van der Waals surface area (Å²) >= 11 is 1.40. The third kappa shape index (κ3) is 2.54. The van der Waals surface area contributed by atoms with Gasteiger partial charge in [0.15, 0.2) is 0 Å². The second-order valence-electron chi connectivity index (χ2n) is 5.07. The van der Waals surface area contributed by atoms with Crippen molar-refractivity contribution in [3.8, 4) is 0 Å². The van der Waals surface area contributed by atoms with E-state index in [0.717, 1.165) is 4.70 Å². The van der Waals surface area contributed by atoms with Gasteiger partial charge in [-0.15, -0.1) is 11.3 Å². The van der Waals surface area contributed by atoms with Gasteiger partial charge in [-0.3, -0.25) is 0 Å². The Hall–Kier alpha value is -2.21. The van der Waals surface area contributed by atoms with E-state index in [2.05, 4.69) is 0 Å². The molecule has 2 aromatic rings. The van der Waals surface area contributed by atoms with Gasteiger partial charge in [0.1, 0.15) is 11.4 Å². The van der Waals surface area contributed by atoms with Gasteiger partial charge in [0, 0.05) is 18.5 Å². The van der Waals surface area contributed by atoms with Crippen LogP contribution in [-0.2, 0) is 19.1 Å². The van der Waals surface area contributed by atoms with Gasteiger partial charge in [-0.25, -0.2) is 14.0 Å². The highest BCUT2D eigenvalue weighted by Crippen LogP contribution is 2.30. The van der Waals surface area contributed by atoms with E-state index < -0.39 is 23.5 Å². The standard InChI is InChI=1S/C15H11FO4S/c1-15(2)19-13(17)11(14(18)20-15)7-9-6-10(16)5-8-3-4-21-12(8)9/h3-7H,1-2H3. The summed E-state index contributed by atoms with van der Waals surface area (Å²) < 4.78 is 24.4. The molecule has 1 aliphatic heterocycles. The minimum Gasteiger partial charge on any atom is -0.419 e. The zero-order valence-corrected chi connectivity index (χ0v) is 12.1.